The van der Waals surface area contributed by atoms with Gasteiger partial charge in [0, 0.05) is 18.0 Å². The zero-order chi connectivity index (χ0) is 20.1. The number of hydrogen-bond acceptors (Lipinski definition) is 3. The van der Waals surface area contributed by atoms with Crippen molar-refractivity contribution in [3.8, 4) is 11.5 Å². The lowest BCUT2D eigenvalue weighted by Crippen LogP contribution is -2.35. The van der Waals surface area contributed by atoms with Crippen molar-refractivity contribution in [1.82, 2.24) is 4.90 Å². The van der Waals surface area contributed by atoms with Crippen molar-refractivity contribution in [1.29, 1.82) is 0 Å². The summed E-state index contributed by atoms with van der Waals surface area (Å²) in [7, 11) is 0. The molecule has 0 unspecified atom stereocenters. The molecule has 1 atom stereocenters. The third-order valence-electron chi connectivity index (χ3n) is 5.57. The molecule has 0 N–H and O–H groups in total. The minimum absolute atomic E-state index is 0.163. The van der Waals surface area contributed by atoms with Crippen LogP contribution in [0.5, 0.6) is 11.5 Å². The number of hydrogen-bond donors (Lipinski definition) is 0. The van der Waals surface area contributed by atoms with E-state index < -0.39 is 0 Å². The molecule has 0 aliphatic carbocycles. The highest BCUT2D eigenvalue weighted by Gasteiger charge is 2.34. The van der Waals surface area contributed by atoms with Crippen LogP contribution in [0, 0.1) is 6.92 Å². The largest absolute Gasteiger partial charge is 0.492 e. The van der Waals surface area contributed by atoms with E-state index >= 15 is 0 Å². The first-order chi connectivity index (χ1) is 13.4. The SMILES string of the molecule is CCCN(CC)CCOc1ccc([C@H]2CC(C)(C)Oc3cc(C)ccc32)cc1. The van der Waals surface area contributed by atoms with Crippen LogP contribution < -0.4 is 9.47 Å². The Morgan fingerprint density at radius 2 is 1.82 bits per heavy atom. The lowest BCUT2D eigenvalue weighted by molar-refractivity contribution is 0.0774. The Morgan fingerprint density at radius 1 is 1.07 bits per heavy atom. The summed E-state index contributed by atoms with van der Waals surface area (Å²) in [6.45, 7) is 14.8. The van der Waals surface area contributed by atoms with E-state index in [1.165, 1.54) is 23.1 Å². The van der Waals surface area contributed by atoms with Gasteiger partial charge in [-0.2, -0.15) is 0 Å². The molecule has 152 valence electrons. The molecule has 3 rings (SSSR count). The van der Waals surface area contributed by atoms with E-state index in [9.17, 15) is 0 Å². The average molecular weight is 382 g/mol. The molecule has 1 aliphatic heterocycles. The van der Waals surface area contributed by atoms with E-state index in [2.05, 4.69) is 82.0 Å². The smallest absolute Gasteiger partial charge is 0.124 e. The second kappa shape index (κ2) is 9.00. The first-order valence-electron chi connectivity index (χ1n) is 10.7. The maximum atomic E-state index is 6.25. The molecule has 0 spiro atoms. The highest BCUT2D eigenvalue weighted by molar-refractivity contribution is 5.47. The molecule has 0 amide bonds. The molecule has 0 bridgehead atoms. The summed E-state index contributed by atoms with van der Waals surface area (Å²) in [5, 5.41) is 0. The fraction of sp³-hybridized carbons (Fsp3) is 0.520. The lowest BCUT2D eigenvalue weighted by Gasteiger charge is -2.38. The van der Waals surface area contributed by atoms with Crippen LogP contribution in [0.4, 0.5) is 0 Å². The number of benzene rings is 2. The van der Waals surface area contributed by atoms with Gasteiger partial charge in [0.05, 0.1) is 0 Å². The molecule has 2 aromatic rings. The zero-order valence-electron chi connectivity index (χ0n) is 18.1. The predicted octanol–water partition coefficient (Wildman–Crippen LogP) is 5.80. The Labute approximate surface area is 170 Å². The molecular formula is C25H35NO2. The van der Waals surface area contributed by atoms with Crippen molar-refractivity contribution < 1.29 is 9.47 Å². The van der Waals surface area contributed by atoms with Crippen molar-refractivity contribution in [3.63, 3.8) is 0 Å². The molecule has 2 aromatic carbocycles. The number of ether oxygens (including phenoxy) is 2. The molecule has 0 fully saturated rings. The Balaban J connectivity index is 1.69. The van der Waals surface area contributed by atoms with E-state index in [0.29, 0.717) is 5.92 Å². The van der Waals surface area contributed by atoms with Crippen LogP contribution in [0.15, 0.2) is 42.5 Å². The summed E-state index contributed by atoms with van der Waals surface area (Å²) >= 11 is 0. The standard InChI is InChI=1S/C25H35NO2/c1-6-14-26(7-2)15-16-27-21-11-9-20(10-12-21)23-18-25(4,5)28-24-17-19(3)8-13-22(23)24/h8-13,17,23H,6-7,14-16,18H2,1-5H3/t23-/m1/s1. The summed E-state index contributed by atoms with van der Waals surface area (Å²) in [4.78, 5) is 2.43. The van der Waals surface area contributed by atoms with E-state index in [-0.39, 0.29) is 5.60 Å². The third-order valence-corrected chi connectivity index (χ3v) is 5.57. The summed E-state index contributed by atoms with van der Waals surface area (Å²) < 4.78 is 12.2. The van der Waals surface area contributed by atoms with Crippen molar-refractivity contribution in [2.45, 2.75) is 59.0 Å². The molecular weight excluding hydrogens is 346 g/mol. The van der Waals surface area contributed by atoms with Crippen molar-refractivity contribution in [2.75, 3.05) is 26.2 Å². The predicted molar refractivity (Wildman–Crippen MR) is 117 cm³/mol. The second-order valence-electron chi connectivity index (χ2n) is 8.51. The Morgan fingerprint density at radius 3 is 2.50 bits per heavy atom. The Bertz CT molecular complexity index is 767. The van der Waals surface area contributed by atoms with Gasteiger partial charge in [0.25, 0.3) is 0 Å². The van der Waals surface area contributed by atoms with E-state index in [0.717, 1.165) is 44.2 Å². The molecule has 0 aromatic heterocycles. The van der Waals surface area contributed by atoms with Gasteiger partial charge < -0.3 is 14.4 Å². The van der Waals surface area contributed by atoms with E-state index in [1.807, 2.05) is 0 Å². The van der Waals surface area contributed by atoms with Crippen molar-refractivity contribution >= 4 is 0 Å². The molecule has 3 nitrogen and oxygen atoms in total. The maximum absolute atomic E-state index is 6.25. The van der Waals surface area contributed by atoms with Gasteiger partial charge >= 0.3 is 0 Å². The number of nitrogens with zero attached hydrogens (tertiary/aromatic N) is 1. The van der Waals surface area contributed by atoms with Crippen LogP contribution in [-0.2, 0) is 0 Å². The maximum Gasteiger partial charge on any atom is 0.124 e. The molecule has 1 aliphatic rings. The van der Waals surface area contributed by atoms with Gasteiger partial charge in [-0.05, 0) is 76.0 Å². The number of likely N-dealkylation sites (N-methyl/N-ethyl adjacent to an activating group) is 1. The number of fused-ring (bicyclic) bond motifs is 1. The first-order valence-corrected chi connectivity index (χ1v) is 10.7. The van der Waals surface area contributed by atoms with Gasteiger partial charge in [0.2, 0.25) is 0 Å². The molecule has 0 saturated carbocycles. The normalized spacial score (nSPS) is 17.9. The van der Waals surface area contributed by atoms with Crippen LogP contribution in [0.25, 0.3) is 0 Å². The zero-order valence-corrected chi connectivity index (χ0v) is 18.1. The van der Waals surface area contributed by atoms with Crippen LogP contribution in [0.3, 0.4) is 0 Å². The average Bonchev–Trinajstić information content (AvgIpc) is 2.66. The highest BCUT2D eigenvalue weighted by Crippen LogP contribution is 2.44. The van der Waals surface area contributed by atoms with E-state index in [1.54, 1.807) is 0 Å². The van der Waals surface area contributed by atoms with Crippen molar-refractivity contribution in [2.24, 2.45) is 0 Å². The van der Waals surface area contributed by atoms with E-state index in [4.69, 9.17) is 9.47 Å². The fourth-order valence-electron chi connectivity index (χ4n) is 4.09. The van der Waals surface area contributed by atoms with Gasteiger partial charge in [-0.1, -0.05) is 38.1 Å². The van der Waals surface area contributed by atoms with Gasteiger partial charge in [0.15, 0.2) is 0 Å². The quantitative estimate of drug-likeness (QED) is 0.577. The molecule has 28 heavy (non-hydrogen) atoms. The molecule has 0 radical (unpaired) electrons. The van der Waals surface area contributed by atoms with Gasteiger partial charge in [-0.3, -0.25) is 0 Å². The minimum Gasteiger partial charge on any atom is -0.492 e. The monoisotopic (exact) mass is 381 g/mol. The van der Waals surface area contributed by atoms with Crippen LogP contribution in [-0.4, -0.2) is 36.7 Å². The Kier molecular flexibility index (Phi) is 6.66. The molecule has 1 heterocycles. The van der Waals surface area contributed by atoms with Crippen LogP contribution >= 0.6 is 0 Å². The first kappa shape index (κ1) is 20.7. The third kappa shape index (κ3) is 5.08. The summed E-state index contributed by atoms with van der Waals surface area (Å²) in [6, 6.07) is 15.2. The minimum atomic E-state index is -0.163. The van der Waals surface area contributed by atoms with Crippen LogP contribution in [0.1, 0.15) is 63.1 Å². The highest BCUT2D eigenvalue weighted by atomic mass is 16.5. The molecule has 3 heteroatoms. The summed E-state index contributed by atoms with van der Waals surface area (Å²) in [5.74, 6) is 2.33. The summed E-state index contributed by atoms with van der Waals surface area (Å²) in [5.41, 5.74) is 3.69. The second-order valence-corrected chi connectivity index (χ2v) is 8.51. The van der Waals surface area contributed by atoms with Gasteiger partial charge in [0.1, 0.15) is 23.7 Å². The lowest BCUT2D eigenvalue weighted by atomic mass is 9.80. The number of aryl methyl sites for hydroxylation is 1. The van der Waals surface area contributed by atoms with Gasteiger partial charge in [-0.15, -0.1) is 0 Å². The molecule has 0 saturated heterocycles. The van der Waals surface area contributed by atoms with Crippen LogP contribution in [0.2, 0.25) is 0 Å². The summed E-state index contributed by atoms with van der Waals surface area (Å²) in [6.07, 6.45) is 2.16. The topological polar surface area (TPSA) is 21.7 Å². The Hall–Kier alpha value is -2.00. The number of rotatable bonds is 8. The van der Waals surface area contributed by atoms with Crippen molar-refractivity contribution in [3.05, 3.63) is 59.2 Å². The van der Waals surface area contributed by atoms with Gasteiger partial charge in [-0.25, -0.2) is 0 Å². The fourth-order valence-corrected chi connectivity index (χ4v) is 4.09.